The third-order valence-electron chi connectivity index (χ3n) is 4.51. The van der Waals surface area contributed by atoms with Gasteiger partial charge in [-0.25, -0.2) is 9.98 Å². The summed E-state index contributed by atoms with van der Waals surface area (Å²) in [5.41, 5.74) is 2.16. The lowest BCUT2D eigenvalue weighted by molar-refractivity contribution is 0.415. The number of nitrogens with zero attached hydrogens (tertiary/aromatic N) is 3. The van der Waals surface area contributed by atoms with Crippen LogP contribution in [0.4, 0.5) is 5.69 Å². The average Bonchev–Trinajstić information content (AvgIpc) is 3.16. The normalized spacial score (nSPS) is 16.5. The van der Waals surface area contributed by atoms with Crippen molar-refractivity contribution in [1.82, 2.24) is 15.6 Å². The third-order valence-corrected chi connectivity index (χ3v) is 4.73. The largest absolute Gasteiger partial charge is 0.495 e. The van der Waals surface area contributed by atoms with Gasteiger partial charge in [-0.3, -0.25) is 0 Å². The van der Waals surface area contributed by atoms with Crippen molar-refractivity contribution in [2.45, 2.75) is 25.9 Å². The Morgan fingerprint density at radius 3 is 2.86 bits per heavy atom. The van der Waals surface area contributed by atoms with Gasteiger partial charge in [-0.2, -0.15) is 0 Å². The average molecular weight is 516 g/mol. The second-order valence-electron chi connectivity index (χ2n) is 6.43. The van der Waals surface area contributed by atoms with Crippen LogP contribution in [0.2, 0.25) is 5.15 Å². The van der Waals surface area contributed by atoms with Crippen LogP contribution < -0.4 is 20.3 Å². The van der Waals surface area contributed by atoms with Gasteiger partial charge in [-0.05, 0) is 37.1 Å². The number of aliphatic imine (C=N–C) groups is 1. The van der Waals surface area contributed by atoms with Crippen molar-refractivity contribution in [2.24, 2.45) is 4.99 Å². The molecule has 2 heterocycles. The van der Waals surface area contributed by atoms with Crippen molar-refractivity contribution in [2.75, 3.05) is 31.6 Å². The van der Waals surface area contributed by atoms with E-state index in [4.69, 9.17) is 16.3 Å². The molecule has 6 nitrogen and oxygen atoms in total. The number of para-hydroxylation sites is 2. The maximum Gasteiger partial charge on any atom is 0.191 e. The molecule has 1 aliphatic rings. The Balaban J connectivity index is 0.00000280. The van der Waals surface area contributed by atoms with Crippen LogP contribution in [0.25, 0.3) is 0 Å². The molecule has 1 aromatic heterocycles. The molecule has 1 fully saturated rings. The van der Waals surface area contributed by atoms with Gasteiger partial charge in [0.15, 0.2) is 5.96 Å². The fourth-order valence-electron chi connectivity index (χ4n) is 3.17. The van der Waals surface area contributed by atoms with E-state index in [2.05, 4.69) is 38.5 Å². The molecule has 2 N–H and O–H groups in total. The summed E-state index contributed by atoms with van der Waals surface area (Å²) in [6.45, 7) is 5.33. The molecule has 0 spiro atoms. The van der Waals surface area contributed by atoms with Crippen LogP contribution in [0.5, 0.6) is 5.75 Å². The molecule has 1 unspecified atom stereocenters. The SMILES string of the molecule is CCNC(=NCc1ccc(Cl)nc1)NC1CCN(c2ccccc2OC)C1.I. The minimum atomic E-state index is 0. The van der Waals surface area contributed by atoms with Crippen molar-refractivity contribution in [1.29, 1.82) is 0 Å². The third kappa shape index (κ3) is 6.13. The second-order valence-corrected chi connectivity index (χ2v) is 6.82. The maximum atomic E-state index is 5.84. The zero-order valence-corrected chi connectivity index (χ0v) is 19.3. The monoisotopic (exact) mass is 515 g/mol. The van der Waals surface area contributed by atoms with E-state index in [1.165, 1.54) is 0 Å². The van der Waals surface area contributed by atoms with Crippen molar-refractivity contribution in [3.05, 3.63) is 53.3 Å². The van der Waals surface area contributed by atoms with E-state index in [1.807, 2.05) is 24.3 Å². The van der Waals surface area contributed by atoms with Crippen LogP contribution in [0.15, 0.2) is 47.6 Å². The van der Waals surface area contributed by atoms with Gasteiger partial charge < -0.3 is 20.3 Å². The van der Waals surface area contributed by atoms with Crippen LogP contribution in [-0.4, -0.2) is 43.7 Å². The predicted molar refractivity (Wildman–Crippen MR) is 126 cm³/mol. The minimum Gasteiger partial charge on any atom is -0.495 e. The van der Waals surface area contributed by atoms with Crippen molar-refractivity contribution < 1.29 is 4.74 Å². The number of guanidine groups is 1. The summed E-state index contributed by atoms with van der Waals surface area (Å²) in [5, 5.41) is 7.36. The van der Waals surface area contributed by atoms with E-state index >= 15 is 0 Å². The molecule has 2 aromatic rings. The van der Waals surface area contributed by atoms with Crippen molar-refractivity contribution >= 4 is 47.2 Å². The number of hydrogen-bond acceptors (Lipinski definition) is 4. The summed E-state index contributed by atoms with van der Waals surface area (Å²) in [6.07, 6.45) is 2.80. The standard InChI is InChI=1S/C20H26ClN5O.HI/c1-3-22-20(24-13-15-8-9-19(21)23-12-15)25-16-10-11-26(14-16)17-6-4-5-7-18(17)27-2;/h4-9,12,16H,3,10-11,13-14H2,1-2H3,(H2,22,24,25);1H. The smallest absolute Gasteiger partial charge is 0.191 e. The lowest BCUT2D eigenvalue weighted by Crippen LogP contribution is -2.44. The highest BCUT2D eigenvalue weighted by Gasteiger charge is 2.25. The van der Waals surface area contributed by atoms with E-state index in [1.54, 1.807) is 19.4 Å². The molecule has 8 heteroatoms. The Morgan fingerprint density at radius 1 is 1.32 bits per heavy atom. The number of pyridine rings is 1. The van der Waals surface area contributed by atoms with Crippen LogP contribution >= 0.6 is 35.6 Å². The van der Waals surface area contributed by atoms with Gasteiger partial charge in [0.05, 0.1) is 19.3 Å². The molecule has 0 saturated carbocycles. The number of rotatable bonds is 6. The molecule has 0 aliphatic carbocycles. The van der Waals surface area contributed by atoms with E-state index in [0.29, 0.717) is 17.7 Å². The molecule has 152 valence electrons. The zero-order chi connectivity index (χ0) is 19.1. The maximum absolute atomic E-state index is 5.84. The molecule has 1 aliphatic heterocycles. The Morgan fingerprint density at radius 2 is 2.14 bits per heavy atom. The highest BCUT2D eigenvalue weighted by Crippen LogP contribution is 2.30. The van der Waals surface area contributed by atoms with Gasteiger partial charge in [0.1, 0.15) is 10.9 Å². The number of anilines is 1. The quantitative estimate of drug-likeness (QED) is 0.266. The Labute approximate surface area is 188 Å². The van der Waals surface area contributed by atoms with Crippen LogP contribution in [-0.2, 0) is 6.54 Å². The predicted octanol–water partition coefficient (Wildman–Crippen LogP) is 3.70. The topological polar surface area (TPSA) is 61.8 Å². The molecule has 28 heavy (non-hydrogen) atoms. The first kappa shape index (κ1) is 22.5. The first-order chi connectivity index (χ1) is 13.2. The Kier molecular flexibility index (Phi) is 9.11. The van der Waals surface area contributed by atoms with E-state index < -0.39 is 0 Å². The van der Waals surface area contributed by atoms with Crippen LogP contribution in [0.1, 0.15) is 18.9 Å². The fourth-order valence-corrected chi connectivity index (χ4v) is 3.28. The molecule has 0 radical (unpaired) electrons. The molecular weight excluding hydrogens is 489 g/mol. The molecular formula is C20H27ClIN5O. The first-order valence-corrected chi connectivity index (χ1v) is 9.60. The van der Waals surface area contributed by atoms with Crippen molar-refractivity contribution in [3.63, 3.8) is 0 Å². The van der Waals surface area contributed by atoms with Crippen LogP contribution in [0.3, 0.4) is 0 Å². The van der Waals surface area contributed by atoms with Crippen molar-refractivity contribution in [3.8, 4) is 5.75 Å². The van der Waals surface area contributed by atoms with E-state index in [-0.39, 0.29) is 24.0 Å². The molecule has 3 rings (SSSR count). The summed E-state index contributed by atoms with van der Waals surface area (Å²) < 4.78 is 5.50. The van der Waals surface area contributed by atoms with Gasteiger partial charge in [0, 0.05) is 31.9 Å². The minimum absolute atomic E-state index is 0. The molecule has 0 amide bonds. The number of aromatic nitrogens is 1. The van der Waals surface area contributed by atoms with Gasteiger partial charge in [-0.1, -0.05) is 29.8 Å². The lowest BCUT2D eigenvalue weighted by Gasteiger charge is -2.22. The van der Waals surface area contributed by atoms with Gasteiger partial charge >= 0.3 is 0 Å². The molecule has 1 atom stereocenters. The molecule has 0 bridgehead atoms. The van der Waals surface area contributed by atoms with Crippen LogP contribution in [0, 0.1) is 0 Å². The highest BCUT2D eigenvalue weighted by molar-refractivity contribution is 14.0. The fraction of sp³-hybridized carbons (Fsp3) is 0.400. The summed E-state index contributed by atoms with van der Waals surface area (Å²) in [5.74, 6) is 1.73. The van der Waals surface area contributed by atoms with E-state index in [9.17, 15) is 0 Å². The first-order valence-electron chi connectivity index (χ1n) is 9.23. The number of methoxy groups -OCH3 is 1. The second kappa shape index (κ2) is 11.3. The zero-order valence-electron chi connectivity index (χ0n) is 16.2. The Bertz CT molecular complexity index is 771. The number of benzene rings is 1. The molecule has 1 aromatic carbocycles. The number of ether oxygens (including phenoxy) is 1. The lowest BCUT2D eigenvalue weighted by atomic mass is 10.2. The summed E-state index contributed by atoms with van der Waals surface area (Å²) in [4.78, 5) is 11.1. The van der Waals surface area contributed by atoms with Gasteiger partial charge in [0.25, 0.3) is 0 Å². The summed E-state index contributed by atoms with van der Waals surface area (Å²) in [7, 11) is 1.71. The van der Waals surface area contributed by atoms with Gasteiger partial charge in [0.2, 0.25) is 0 Å². The summed E-state index contributed by atoms with van der Waals surface area (Å²) in [6, 6.07) is 12.2. The van der Waals surface area contributed by atoms with E-state index in [0.717, 1.165) is 49.0 Å². The highest BCUT2D eigenvalue weighted by atomic mass is 127. The molecule has 1 saturated heterocycles. The Hall–Kier alpha value is -1.74. The van der Waals surface area contributed by atoms with Gasteiger partial charge in [-0.15, -0.1) is 24.0 Å². The number of nitrogens with one attached hydrogen (secondary N) is 2. The number of hydrogen-bond donors (Lipinski definition) is 2. The number of halogens is 2. The summed E-state index contributed by atoms with van der Waals surface area (Å²) >= 11 is 5.84.